The molecule has 22 heavy (non-hydrogen) atoms. The molecule has 1 N–H and O–H groups in total. The second kappa shape index (κ2) is 7.35. The molecule has 7 heteroatoms. The Kier molecular flexibility index (Phi) is 5.49. The predicted octanol–water partition coefficient (Wildman–Crippen LogP) is 2.97. The Labute approximate surface area is 133 Å². The highest BCUT2D eigenvalue weighted by Crippen LogP contribution is 2.26. The molecule has 0 radical (unpaired) electrons. The summed E-state index contributed by atoms with van der Waals surface area (Å²) in [6.07, 6.45) is 3.21. The summed E-state index contributed by atoms with van der Waals surface area (Å²) in [6.45, 7) is 4.28. The van der Waals surface area contributed by atoms with Crippen LogP contribution in [-0.2, 0) is 11.3 Å². The van der Waals surface area contributed by atoms with Crippen molar-refractivity contribution in [3.8, 4) is 0 Å². The normalized spacial score (nSPS) is 12.4. The number of nitrogens with one attached hydrogen (secondary N) is 1. The van der Waals surface area contributed by atoms with Crippen molar-refractivity contribution in [3.05, 3.63) is 47.3 Å². The molecule has 1 amide bonds. The zero-order valence-corrected chi connectivity index (χ0v) is 13.2. The van der Waals surface area contributed by atoms with Gasteiger partial charge in [0.25, 0.3) is 0 Å². The van der Waals surface area contributed by atoms with Crippen LogP contribution < -0.4 is 5.32 Å². The number of hydrogen-bond acceptors (Lipinski definition) is 3. The van der Waals surface area contributed by atoms with E-state index in [9.17, 15) is 9.18 Å². The van der Waals surface area contributed by atoms with E-state index < -0.39 is 11.9 Å². The molecule has 1 heterocycles. The average Bonchev–Trinajstić information content (AvgIpc) is 2.96. The number of carbonyl (C=O) groups excluding carboxylic acids is 1. The van der Waals surface area contributed by atoms with Crippen molar-refractivity contribution in [2.75, 3.05) is 0 Å². The zero-order valence-electron chi connectivity index (χ0n) is 12.5. The van der Waals surface area contributed by atoms with E-state index in [4.69, 9.17) is 11.6 Å². The minimum absolute atomic E-state index is 0.0472. The van der Waals surface area contributed by atoms with E-state index in [1.165, 1.54) is 12.4 Å². The molecule has 0 spiro atoms. The molecule has 0 saturated carbocycles. The Morgan fingerprint density at radius 3 is 2.82 bits per heavy atom. The number of rotatable bonds is 6. The highest BCUT2D eigenvalue weighted by molar-refractivity contribution is 6.30. The van der Waals surface area contributed by atoms with Crippen molar-refractivity contribution in [1.29, 1.82) is 0 Å². The van der Waals surface area contributed by atoms with Crippen LogP contribution in [0.1, 0.15) is 31.9 Å². The fraction of sp³-hybridized carbons (Fsp3) is 0.400. The third-order valence-electron chi connectivity index (χ3n) is 3.32. The first-order chi connectivity index (χ1) is 10.5. The highest BCUT2D eigenvalue weighted by atomic mass is 35.5. The lowest BCUT2D eigenvalue weighted by Gasteiger charge is -2.23. The molecule has 0 aliphatic carbocycles. The van der Waals surface area contributed by atoms with Crippen LogP contribution >= 0.6 is 11.6 Å². The van der Waals surface area contributed by atoms with Gasteiger partial charge in [-0.15, -0.1) is 0 Å². The largest absolute Gasteiger partial charge is 0.349 e. The van der Waals surface area contributed by atoms with Gasteiger partial charge < -0.3 is 5.32 Å². The quantitative estimate of drug-likeness (QED) is 0.888. The van der Waals surface area contributed by atoms with Crippen LogP contribution in [0.15, 0.2) is 30.9 Å². The first-order valence-electron chi connectivity index (χ1n) is 7.04. The second-order valence-electron chi connectivity index (χ2n) is 5.36. The van der Waals surface area contributed by atoms with E-state index in [0.29, 0.717) is 17.1 Å². The van der Waals surface area contributed by atoms with Gasteiger partial charge in [-0.1, -0.05) is 31.5 Å². The molecule has 0 aliphatic heterocycles. The smallest absolute Gasteiger partial charge is 0.222 e. The van der Waals surface area contributed by atoms with E-state index in [1.807, 2.05) is 13.8 Å². The minimum atomic E-state index is -0.414. The second-order valence-corrected chi connectivity index (χ2v) is 5.80. The van der Waals surface area contributed by atoms with Crippen molar-refractivity contribution in [1.82, 2.24) is 20.1 Å². The molecule has 1 atom stereocenters. The molecule has 1 aromatic carbocycles. The Morgan fingerprint density at radius 2 is 2.23 bits per heavy atom. The Bertz CT molecular complexity index is 630. The Hall–Kier alpha value is -1.95. The number of halogens is 2. The Morgan fingerprint density at radius 1 is 1.45 bits per heavy atom. The van der Waals surface area contributed by atoms with Gasteiger partial charge in [0.2, 0.25) is 5.91 Å². The lowest BCUT2D eigenvalue weighted by atomic mass is 9.95. The number of aromatic nitrogens is 3. The first kappa shape index (κ1) is 16.4. The number of hydrogen-bond donors (Lipinski definition) is 1. The van der Waals surface area contributed by atoms with Crippen LogP contribution in [-0.4, -0.2) is 20.7 Å². The monoisotopic (exact) mass is 324 g/mol. The molecule has 2 rings (SSSR count). The van der Waals surface area contributed by atoms with Gasteiger partial charge in [0, 0.05) is 17.0 Å². The van der Waals surface area contributed by atoms with Crippen LogP contribution in [0.2, 0.25) is 5.02 Å². The molecule has 0 saturated heterocycles. The van der Waals surface area contributed by atoms with E-state index in [0.717, 1.165) is 0 Å². The van der Waals surface area contributed by atoms with E-state index in [2.05, 4.69) is 15.4 Å². The fourth-order valence-corrected chi connectivity index (χ4v) is 2.33. The van der Waals surface area contributed by atoms with E-state index in [1.54, 1.807) is 23.1 Å². The molecular weight excluding hydrogens is 307 g/mol. The number of carbonyl (C=O) groups is 1. The minimum Gasteiger partial charge on any atom is -0.349 e. The summed E-state index contributed by atoms with van der Waals surface area (Å²) in [5.41, 5.74) is 0.438. The summed E-state index contributed by atoms with van der Waals surface area (Å²) < 4.78 is 15.6. The Balaban J connectivity index is 2.03. The lowest BCUT2D eigenvalue weighted by molar-refractivity contribution is -0.122. The molecule has 1 aromatic heterocycles. The maximum Gasteiger partial charge on any atom is 0.222 e. The predicted molar refractivity (Wildman–Crippen MR) is 81.8 cm³/mol. The van der Waals surface area contributed by atoms with Crippen molar-refractivity contribution >= 4 is 17.5 Å². The van der Waals surface area contributed by atoms with Crippen LogP contribution in [0.5, 0.6) is 0 Å². The van der Waals surface area contributed by atoms with Crippen molar-refractivity contribution in [2.24, 2.45) is 5.92 Å². The number of nitrogens with zero attached hydrogens (tertiary/aromatic N) is 3. The molecule has 5 nitrogen and oxygen atoms in total. The summed E-state index contributed by atoms with van der Waals surface area (Å²) in [4.78, 5) is 15.9. The van der Waals surface area contributed by atoms with Gasteiger partial charge in [-0.05, 0) is 18.1 Å². The third kappa shape index (κ3) is 4.27. The van der Waals surface area contributed by atoms with Gasteiger partial charge in [0.1, 0.15) is 18.5 Å². The van der Waals surface area contributed by atoms with Crippen LogP contribution in [0.4, 0.5) is 4.39 Å². The third-order valence-corrected chi connectivity index (χ3v) is 3.55. The summed E-state index contributed by atoms with van der Waals surface area (Å²) in [5, 5.41) is 7.14. The number of amides is 1. The molecule has 0 fully saturated rings. The van der Waals surface area contributed by atoms with Crippen LogP contribution in [0.3, 0.4) is 0 Å². The summed E-state index contributed by atoms with van der Waals surface area (Å²) in [6, 6.07) is 4.09. The molecule has 0 aliphatic rings. The van der Waals surface area contributed by atoms with Crippen LogP contribution in [0, 0.1) is 11.7 Å². The van der Waals surface area contributed by atoms with Gasteiger partial charge in [-0.3, -0.25) is 9.48 Å². The number of aryl methyl sites for hydroxylation is 1. The van der Waals surface area contributed by atoms with Gasteiger partial charge >= 0.3 is 0 Å². The SMILES string of the molecule is CC(C)[C@H](NC(=O)CCn1cncn1)c1ccc(Cl)cc1F. The van der Waals surface area contributed by atoms with Crippen molar-refractivity contribution in [2.45, 2.75) is 32.9 Å². The van der Waals surface area contributed by atoms with Gasteiger partial charge in [-0.25, -0.2) is 9.37 Å². The number of benzene rings is 1. The van der Waals surface area contributed by atoms with Crippen molar-refractivity contribution in [3.63, 3.8) is 0 Å². The topological polar surface area (TPSA) is 59.8 Å². The summed E-state index contributed by atoms with van der Waals surface area (Å²) >= 11 is 5.77. The molecule has 2 aromatic rings. The highest BCUT2D eigenvalue weighted by Gasteiger charge is 2.21. The fourth-order valence-electron chi connectivity index (χ4n) is 2.17. The van der Waals surface area contributed by atoms with Crippen LogP contribution in [0.25, 0.3) is 0 Å². The maximum absolute atomic E-state index is 14.1. The summed E-state index contributed by atoms with van der Waals surface area (Å²) in [5.74, 6) is -0.530. The first-order valence-corrected chi connectivity index (χ1v) is 7.42. The van der Waals surface area contributed by atoms with E-state index >= 15 is 0 Å². The molecule has 118 valence electrons. The molecular formula is C15H18ClFN4O. The average molecular weight is 325 g/mol. The zero-order chi connectivity index (χ0) is 16.1. The molecule has 0 unspecified atom stereocenters. The van der Waals surface area contributed by atoms with Gasteiger partial charge in [0.15, 0.2) is 0 Å². The standard InChI is InChI=1S/C15H18ClFN4O/c1-10(2)15(12-4-3-11(16)7-13(12)17)20-14(22)5-6-21-9-18-8-19-21/h3-4,7-10,15H,5-6H2,1-2H3,(H,20,22)/t15-/m0/s1. The van der Waals surface area contributed by atoms with Gasteiger partial charge in [-0.2, -0.15) is 5.10 Å². The lowest BCUT2D eigenvalue weighted by Crippen LogP contribution is -2.32. The molecule has 0 bridgehead atoms. The van der Waals surface area contributed by atoms with Gasteiger partial charge in [0.05, 0.1) is 12.6 Å². The van der Waals surface area contributed by atoms with E-state index in [-0.39, 0.29) is 18.2 Å². The maximum atomic E-state index is 14.1. The van der Waals surface area contributed by atoms with Crippen molar-refractivity contribution < 1.29 is 9.18 Å². The summed E-state index contributed by atoms with van der Waals surface area (Å²) in [7, 11) is 0.